The van der Waals surface area contributed by atoms with Gasteiger partial charge in [0.25, 0.3) is 0 Å². The summed E-state index contributed by atoms with van der Waals surface area (Å²) >= 11 is 0. The zero-order valence-corrected chi connectivity index (χ0v) is 11.6. The third kappa shape index (κ3) is 3.96. The molecule has 0 saturated heterocycles. The van der Waals surface area contributed by atoms with Crippen molar-refractivity contribution in [3.63, 3.8) is 0 Å². The van der Waals surface area contributed by atoms with Crippen molar-refractivity contribution in [1.29, 1.82) is 0 Å². The summed E-state index contributed by atoms with van der Waals surface area (Å²) in [6.45, 7) is 6.56. The molecule has 100 valence electrons. The molecular weight excluding hydrogens is 210 g/mol. The first-order chi connectivity index (χ1) is 8.28. The third-order valence-electron chi connectivity index (χ3n) is 4.50. The van der Waals surface area contributed by atoms with E-state index in [0.717, 1.165) is 31.5 Å². The normalized spacial score (nSPS) is 33.9. The maximum absolute atomic E-state index is 6.23. The van der Waals surface area contributed by atoms with Gasteiger partial charge in [-0.2, -0.15) is 0 Å². The van der Waals surface area contributed by atoms with E-state index < -0.39 is 0 Å². The van der Waals surface area contributed by atoms with Gasteiger partial charge in [0.15, 0.2) is 0 Å². The van der Waals surface area contributed by atoms with Crippen molar-refractivity contribution in [2.45, 2.75) is 76.9 Å². The highest BCUT2D eigenvalue weighted by Gasteiger charge is 2.36. The van der Waals surface area contributed by atoms with E-state index >= 15 is 0 Å². The van der Waals surface area contributed by atoms with E-state index in [9.17, 15) is 0 Å². The van der Waals surface area contributed by atoms with E-state index in [1.54, 1.807) is 0 Å². The maximum atomic E-state index is 6.23. The van der Waals surface area contributed by atoms with Crippen LogP contribution >= 0.6 is 0 Å². The minimum Gasteiger partial charge on any atom is -0.374 e. The average Bonchev–Trinajstić information content (AvgIpc) is 3.19. The molecule has 2 rings (SSSR count). The van der Waals surface area contributed by atoms with Crippen LogP contribution in [-0.4, -0.2) is 24.8 Å². The zero-order chi connectivity index (χ0) is 12.1. The Balaban J connectivity index is 1.82. The van der Waals surface area contributed by atoms with Crippen LogP contribution in [0.2, 0.25) is 0 Å². The molecule has 17 heavy (non-hydrogen) atoms. The van der Waals surface area contributed by atoms with Crippen molar-refractivity contribution in [2.24, 2.45) is 5.92 Å². The van der Waals surface area contributed by atoms with Gasteiger partial charge in [-0.3, -0.25) is 0 Å². The number of hydrogen-bond acceptors (Lipinski definition) is 2. The highest BCUT2D eigenvalue weighted by atomic mass is 16.5. The van der Waals surface area contributed by atoms with E-state index in [0.29, 0.717) is 0 Å². The fraction of sp³-hybridized carbons (Fsp3) is 1.00. The molecule has 0 heterocycles. The highest BCUT2D eigenvalue weighted by Crippen LogP contribution is 2.36. The Hall–Kier alpha value is -0.0800. The van der Waals surface area contributed by atoms with Gasteiger partial charge in [0, 0.05) is 19.2 Å². The molecule has 2 aliphatic rings. The Morgan fingerprint density at radius 1 is 1.12 bits per heavy atom. The lowest BCUT2D eigenvalue weighted by Gasteiger charge is -2.40. The van der Waals surface area contributed by atoms with Crippen LogP contribution in [0.25, 0.3) is 0 Å². The van der Waals surface area contributed by atoms with E-state index in [1.807, 2.05) is 0 Å². The maximum Gasteiger partial charge on any atom is 0.0806 e. The van der Waals surface area contributed by atoms with Gasteiger partial charge >= 0.3 is 0 Å². The van der Waals surface area contributed by atoms with E-state index in [-0.39, 0.29) is 5.60 Å². The van der Waals surface area contributed by atoms with Crippen LogP contribution in [-0.2, 0) is 4.74 Å². The lowest BCUT2D eigenvalue weighted by molar-refractivity contribution is -0.0765. The van der Waals surface area contributed by atoms with Crippen LogP contribution in [0.1, 0.15) is 65.2 Å². The largest absolute Gasteiger partial charge is 0.374 e. The molecule has 1 N–H and O–H groups in total. The smallest absolute Gasteiger partial charge is 0.0806 e. The topological polar surface area (TPSA) is 21.3 Å². The molecular formula is C15H29NO. The number of rotatable bonds is 7. The molecule has 2 saturated carbocycles. The summed E-state index contributed by atoms with van der Waals surface area (Å²) in [5, 5.41) is 3.68. The van der Waals surface area contributed by atoms with Gasteiger partial charge in [-0.25, -0.2) is 0 Å². The van der Waals surface area contributed by atoms with Crippen molar-refractivity contribution >= 4 is 0 Å². The van der Waals surface area contributed by atoms with Gasteiger partial charge in [0.2, 0.25) is 0 Å². The van der Waals surface area contributed by atoms with Crippen LogP contribution in [0, 0.1) is 5.92 Å². The van der Waals surface area contributed by atoms with Crippen LogP contribution in [0.15, 0.2) is 0 Å². The molecule has 2 heteroatoms. The lowest BCUT2D eigenvalue weighted by Crippen LogP contribution is -2.46. The highest BCUT2D eigenvalue weighted by molar-refractivity contribution is 4.92. The number of nitrogens with one attached hydrogen (secondary N) is 1. The fourth-order valence-electron chi connectivity index (χ4n) is 2.92. The molecule has 0 spiro atoms. The average molecular weight is 239 g/mol. The van der Waals surface area contributed by atoms with Gasteiger partial charge in [-0.15, -0.1) is 0 Å². The Labute approximate surface area is 107 Å². The van der Waals surface area contributed by atoms with Crippen molar-refractivity contribution in [1.82, 2.24) is 5.32 Å². The number of ether oxygens (including phenoxy) is 1. The van der Waals surface area contributed by atoms with Crippen LogP contribution < -0.4 is 5.32 Å². The van der Waals surface area contributed by atoms with Crippen LogP contribution in [0.5, 0.6) is 0 Å². The first-order valence-electron chi connectivity index (χ1n) is 7.65. The quantitative estimate of drug-likeness (QED) is 0.734. The molecule has 0 atom stereocenters. The van der Waals surface area contributed by atoms with Gasteiger partial charge in [-0.1, -0.05) is 20.3 Å². The Bertz CT molecular complexity index is 217. The molecule has 0 aromatic heterocycles. The van der Waals surface area contributed by atoms with E-state index in [2.05, 4.69) is 19.2 Å². The third-order valence-corrected chi connectivity index (χ3v) is 4.50. The molecule has 0 unspecified atom stereocenters. The summed E-state index contributed by atoms with van der Waals surface area (Å²) in [5.41, 5.74) is 0.171. The first-order valence-corrected chi connectivity index (χ1v) is 7.65. The zero-order valence-electron chi connectivity index (χ0n) is 11.6. The van der Waals surface area contributed by atoms with Crippen molar-refractivity contribution < 1.29 is 4.74 Å². The Morgan fingerprint density at radius 3 is 2.35 bits per heavy atom. The monoisotopic (exact) mass is 239 g/mol. The minimum absolute atomic E-state index is 0.171. The Kier molecular flexibility index (Phi) is 4.87. The summed E-state index contributed by atoms with van der Waals surface area (Å²) in [7, 11) is 0. The predicted molar refractivity (Wildman–Crippen MR) is 72.2 cm³/mol. The van der Waals surface area contributed by atoms with E-state index in [4.69, 9.17) is 4.74 Å². The molecule has 0 radical (unpaired) electrons. The summed E-state index contributed by atoms with van der Waals surface area (Å²) in [5.74, 6) is 0.953. The van der Waals surface area contributed by atoms with Gasteiger partial charge in [0.05, 0.1) is 5.60 Å². The molecule has 0 aromatic carbocycles. The second-order valence-electron chi connectivity index (χ2n) is 6.04. The summed E-state index contributed by atoms with van der Waals surface area (Å²) in [6.07, 6.45) is 10.5. The van der Waals surface area contributed by atoms with Gasteiger partial charge < -0.3 is 10.1 Å². The van der Waals surface area contributed by atoms with E-state index in [1.165, 1.54) is 44.9 Å². The summed E-state index contributed by atoms with van der Waals surface area (Å²) in [6, 6.07) is 0.806. The minimum atomic E-state index is 0.171. The van der Waals surface area contributed by atoms with Crippen molar-refractivity contribution in [3.8, 4) is 0 Å². The fourth-order valence-corrected chi connectivity index (χ4v) is 2.92. The Morgan fingerprint density at radius 2 is 1.82 bits per heavy atom. The molecule has 0 aromatic rings. The second-order valence-corrected chi connectivity index (χ2v) is 6.04. The molecule has 2 nitrogen and oxygen atoms in total. The summed E-state index contributed by atoms with van der Waals surface area (Å²) in [4.78, 5) is 0. The molecule has 0 amide bonds. The molecule has 2 fully saturated rings. The van der Waals surface area contributed by atoms with Crippen molar-refractivity contribution in [2.75, 3.05) is 13.2 Å². The van der Waals surface area contributed by atoms with Crippen LogP contribution in [0.3, 0.4) is 0 Å². The van der Waals surface area contributed by atoms with Gasteiger partial charge in [-0.05, 0) is 50.9 Å². The van der Waals surface area contributed by atoms with Crippen molar-refractivity contribution in [3.05, 3.63) is 0 Å². The predicted octanol–water partition coefficient (Wildman–Crippen LogP) is 3.50. The molecule has 2 aliphatic carbocycles. The SMILES string of the molecule is CCCOC1(CNC2CC2)CCC(CC)CC1. The lowest BCUT2D eigenvalue weighted by atomic mass is 9.77. The second kappa shape index (κ2) is 6.19. The first kappa shape index (κ1) is 13.4. The van der Waals surface area contributed by atoms with Gasteiger partial charge in [0.1, 0.15) is 0 Å². The summed E-state index contributed by atoms with van der Waals surface area (Å²) < 4.78 is 6.23. The molecule has 0 aliphatic heterocycles. The molecule has 0 bridgehead atoms. The van der Waals surface area contributed by atoms with Crippen LogP contribution in [0.4, 0.5) is 0 Å². The standard InChI is InChI=1S/C15H29NO/c1-3-11-17-15(12-16-14-5-6-14)9-7-13(4-2)8-10-15/h13-14,16H,3-12H2,1-2H3. The number of hydrogen-bond donors (Lipinski definition) is 1.